The molecule has 0 aromatic rings. The van der Waals surface area contributed by atoms with Gasteiger partial charge in [-0.05, 0) is 32.7 Å². The monoisotopic (exact) mass is 170 g/mol. The molecule has 1 amide bonds. The molecule has 1 aliphatic carbocycles. The van der Waals surface area contributed by atoms with Gasteiger partial charge in [0.15, 0.2) is 0 Å². The first-order chi connectivity index (χ1) is 5.74. The standard InChI is InChI=1S/C9H18N2O/c1-3-11(4-2)9(12)8-5-7(8)6-10/h7-8H,3-6,10H2,1-2H3. The van der Waals surface area contributed by atoms with Crippen LogP contribution in [0.5, 0.6) is 0 Å². The van der Waals surface area contributed by atoms with Gasteiger partial charge in [-0.25, -0.2) is 0 Å². The van der Waals surface area contributed by atoms with Crippen LogP contribution in [0.1, 0.15) is 20.3 Å². The molecule has 2 atom stereocenters. The lowest BCUT2D eigenvalue weighted by Gasteiger charge is -2.18. The normalized spacial score (nSPS) is 26.9. The summed E-state index contributed by atoms with van der Waals surface area (Å²) in [6, 6.07) is 0. The van der Waals surface area contributed by atoms with Gasteiger partial charge in [0.1, 0.15) is 0 Å². The van der Waals surface area contributed by atoms with Gasteiger partial charge in [-0.1, -0.05) is 0 Å². The number of rotatable bonds is 4. The summed E-state index contributed by atoms with van der Waals surface area (Å²) in [7, 11) is 0. The van der Waals surface area contributed by atoms with Crippen LogP contribution in [0.4, 0.5) is 0 Å². The van der Waals surface area contributed by atoms with E-state index in [9.17, 15) is 4.79 Å². The molecule has 0 saturated heterocycles. The zero-order chi connectivity index (χ0) is 9.14. The van der Waals surface area contributed by atoms with Gasteiger partial charge in [-0.15, -0.1) is 0 Å². The average Bonchev–Trinajstić information content (AvgIpc) is 2.85. The van der Waals surface area contributed by atoms with Gasteiger partial charge in [0, 0.05) is 19.0 Å². The van der Waals surface area contributed by atoms with Crippen LogP contribution in [-0.4, -0.2) is 30.4 Å². The molecule has 12 heavy (non-hydrogen) atoms. The Morgan fingerprint density at radius 1 is 1.50 bits per heavy atom. The predicted octanol–water partition coefficient (Wildman–Crippen LogP) is 0.450. The number of hydrogen-bond donors (Lipinski definition) is 1. The van der Waals surface area contributed by atoms with E-state index in [4.69, 9.17) is 5.73 Å². The Bertz CT molecular complexity index is 166. The van der Waals surface area contributed by atoms with Crippen LogP contribution in [0, 0.1) is 11.8 Å². The summed E-state index contributed by atoms with van der Waals surface area (Å²) in [5, 5.41) is 0. The van der Waals surface area contributed by atoms with Crippen molar-refractivity contribution < 1.29 is 4.79 Å². The Kier molecular flexibility index (Phi) is 3.09. The molecular weight excluding hydrogens is 152 g/mol. The smallest absolute Gasteiger partial charge is 0.226 e. The number of carbonyl (C=O) groups excluding carboxylic acids is 1. The molecule has 2 unspecified atom stereocenters. The van der Waals surface area contributed by atoms with Gasteiger partial charge in [0.05, 0.1) is 0 Å². The molecule has 1 aliphatic rings. The van der Waals surface area contributed by atoms with E-state index in [0.717, 1.165) is 19.5 Å². The van der Waals surface area contributed by atoms with Gasteiger partial charge < -0.3 is 10.6 Å². The summed E-state index contributed by atoms with van der Waals surface area (Å²) in [6.45, 7) is 6.34. The van der Waals surface area contributed by atoms with Crippen molar-refractivity contribution in [2.24, 2.45) is 17.6 Å². The van der Waals surface area contributed by atoms with Crippen molar-refractivity contribution in [1.29, 1.82) is 0 Å². The van der Waals surface area contributed by atoms with E-state index >= 15 is 0 Å². The molecule has 3 heteroatoms. The van der Waals surface area contributed by atoms with Gasteiger partial charge >= 0.3 is 0 Å². The Morgan fingerprint density at radius 3 is 2.42 bits per heavy atom. The minimum atomic E-state index is 0.245. The van der Waals surface area contributed by atoms with Crippen molar-refractivity contribution in [3.05, 3.63) is 0 Å². The molecule has 0 aliphatic heterocycles. The molecule has 2 N–H and O–H groups in total. The Balaban J connectivity index is 2.38. The molecule has 0 heterocycles. The van der Waals surface area contributed by atoms with Crippen LogP contribution in [0.3, 0.4) is 0 Å². The lowest BCUT2D eigenvalue weighted by Crippen LogP contribution is -2.32. The summed E-state index contributed by atoms with van der Waals surface area (Å²) in [5.74, 6) is 1.02. The fraction of sp³-hybridized carbons (Fsp3) is 0.889. The van der Waals surface area contributed by atoms with Gasteiger partial charge in [-0.3, -0.25) is 4.79 Å². The Morgan fingerprint density at radius 2 is 2.08 bits per heavy atom. The molecule has 0 spiro atoms. The summed E-state index contributed by atoms with van der Waals surface area (Å²) in [5.41, 5.74) is 5.47. The first kappa shape index (κ1) is 9.52. The number of carbonyl (C=O) groups is 1. The summed E-state index contributed by atoms with van der Waals surface area (Å²) in [4.78, 5) is 13.5. The number of nitrogens with two attached hydrogens (primary N) is 1. The predicted molar refractivity (Wildman–Crippen MR) is 48.6 cm³/mol. The first-order valence-corrected chi connectivity index (χ1v) is 4.73. The maximum atomic E-state index is 11.6. The molecule has 70 valence electrons. The third kappa shape index (κ3) is 1.78. The number of hydrogen-bond acceptors (Lipinski definition) is 2. The molecule has 0 bridgehead atoms. The van der Waals surface area contributed by atoms with E-state index < -0.39 is 0 Å². The fourth-order valence-electron chi connectivity index (χ4n) is 1.58. The molecular formula is C9H18N2O. The lowest BCUT2D eigenvalue weighted by molar-refractivity contribution is -0.132. The van der Waals surface area contributed by atoms with E-state index in [2.05, 4.69) is 0 Å². The molecule has 0 aromatic heterocycles. The van der Waals surface area contributed by atoms with Gasteiger partial charge in [0.2, 0.25) is 5.91 Å². The Labute approximate surface area is 73.9 Å². The van der Waals surface area contributed by atoms with Crippen molar-refractivity contribution in [1.82, 2.24) is 4.90 Å². The summed E-state index contributed by atoms with van der Waals surface area (Å²) in [6.07, 6.45) is 1.01. The molecule has 0 aromatic carbocycles. The van der Waals surface area contributed by atoms with E-state index in [1.807, 2.05) is 18.7 Å². The minimum absolute atomic E-state index is 0.245. The average molecular weight is 170 g/mol. The molecule has 1 fully saturated rings. The highest BCUT2D eigenvalue weighted by molar-refractivity contribution is 5.81. The Hall–Kier alpha value is -0.570. The van der Waals surface area contributed by atoms with Gasteiger partial charge in [0.25, 0.3) is 0 Å². The molecule has 1 saturated carbocycles. The van der Waals surface area contributed by atoms with Crippen molar-refractivity contribution >= 4 is 5.91 Å². The number of amides is 1. The minimum Gasteiger partial charge on any atom is -0.343 e. The SMILES string of the molecule is CCN(CC)C(=O)C1CC1CN. The zero-order valence-corrected chi connectivity index (χ0v) is 7.92. The van der Waals surface area contributed by atoms with Crippen LogP contribution < -0.4 is 5.73 Å². The quantitative estimate of drug-likeness (QED) is 0.666. The van der Waals surface area contributed by atoms with E-state index in [1.54, 1.807) is 0 Å². The van der Waals surface area contributed by atoms with Crippen LogP contribution >= 0.6 is 0 Å². The maximum absolute atomic E-state index is 11.6. The zero-order valence-electron chi connectivity index (χ0n) is 7.92. The highest BCUT2D eigenvalue weighted by Gasteiger charge is 2.43. The fourth-order valence-corrected chi connectivity index (χ4v) is 1.58. The highest BCUT2D eigenvalue weighted by atomic mass is 16.2. The van der Waals surface area contributed by atoms with Crippen molar-refractivity contribution in [3.8, 4) is 0 Å². The van der Waals surface area contributed by atoms with Crippen molar-refractivity contribution in [2.45, 2.75) is 20.3 Å². The first-order valence-electron chi connectivity index (χ1n) is 4.73. The van der Waals surface area contributed by atoms with Gasteiger partial charge in [-0.2, -0.15) is 0 Å². The van der Waals surface area contributed by atoms with E-state index in [0.29, 0.717) is 18.4 Å². The topological polar surface area (TPSA) is 46.3 Å². The second-order valence-electron chi connectivity index (χ2n) is 3.35. The van der Waals surface area contributed by atoms with E-state index in [-0.39, 0.29) is 5.92 Å². The van der Waals surface area contributed by atoms with Crippen LogP contribution in [0.15, 0.2) is 0 Å². The number of nitrogens with zero attached hydrogens (tertiary/aromatic N) is 1. The van der Waals surface area contributed by atoms with Crippen LogP contribution in [0.25, 0.3) is 0 Å². The second kappa shape index (κ2) is 3.90. The molecule has 1 rings (SSSR count). The molecule has 3 nitrogen and oxygen atoms in total. The third-order valence-electron chi connectivity index (χ3n) is 2.62. The molecule has 0 radical (unpaired) electrons. The van der Waals surface area contributed by atoms with Crippen LogP contribution in [-0.2, 0) is 4.79 Å². The van der Waals surface area contributed by atoms with Crippen molar-refractivity contribution in [2.75, 3.05) is 19.6 Å². The lowest BCUT2D eigenvalue weighted by atomic mass is 10.3. The highest BCUT2D eigenvalue weighted by Crippen LogP contribution is 2.38. The third-order valence-corrected chi connectivity index (χ3v) is 2.62. The second-order valence-corrected chi connectivity index (χ2v) is 3.35. The summed E-state index contributed by atoms with van der Waals surface area (Å²) >= 11 is 0. The van der Waals surface area contributed by atoms with Crippen LogP contribution in [0.2, 0.25) is 0 Å². The van der Waals surface area contributed by atoms with E-state index in [1.165, 1.54) is 0 Å². The largest absolute Gasteiger partial charge is 0.343 e. The summed E-state index contributed by atoms with van der Waals surface area (Å²) < 4.78 is 0. The van der Waals surface area contributed by atoms with Crippen molar-refractivity contribution in [3.63, 3.8) is 0 Å². The maximum Gasteiger partial charge on any atom is 0.226 e.